The third kappa shape index (κ3) is 7.39. The first-order valence-corrected chi connectivity index (χ1v) is 15.9. The Balaban J connectivity index is 1.19. The molecule has 3 heterocycles. The number of benzene rings is 3. The summed E-state index contributed by atoms with van der Waals surface area (Å²) in [5.41, 5.74) is 3.49. The molecule has 0 unspecified atom stereocenters. The summed E-state index contributed by atoms with van der Waals surface area (Å²) in [6.07, 6.45) is 0.161. The number of fused-ring (bicyclic) bond motifs is 2. The lowest BCUT2D eigenvalue weighted by Gasteiger charge is -2.48. The van der Waals surface area contributed by atoms with Crippen LogP contribution in [0.5, 0.6) is 0 Å². The molecule has 3 aliphatic heterocycles. The minimum atomic E-state index is -0.358. The molecule has 2 bridgehead atoms. The van der Waals surface area contributed by atoms with E-state index in [1.807, 2.05) is 42.5 Å². The van der Waals surface area contributed by atoms with Crippen molar-refractivity contribution in [1.29, 1.82) is 0 Å². The van der Waals surface area contributed by atoms with E-state index in [1.165, 1.54) is 11.1 Å². The van der Waals surface area contributed by atoms with Crippen LogP contribution in [0.2, 0.25) is 0 Å². The zero-order chi connectivity index (χ0) is 29.6. The molecule has 0 spiro atoms. The molecule has 3 fully saturated rings. The van der Waals surface area contributed by atoms with E-state index in [2.05, 4.69) is 69.3 Å². The Hall–Kier alpha value is -2.58. The fourth-order valence-electron chi connectivity index (χ4n) is 6.93. The second-order valence-corrected chi connectivity index (χ2v) is 12.6. The van der Waals surface area contributed by atoms with E-state index < -0.39 is 0 Å². The molecule has 6 nitrogen and oxygen atoms in total. The maximum absolute atomic E-state index is 6.97. The van der Waals surface area contributed by atoms with Crippen LogP contribution in [-0.2, 0) is 48.2 Å². The first kappa shape index (κ1) is 30.4. The van der Waals surface area contributed by atoms with Gasteiger partial charge in [-0.2, -0.15) is 0 Å². The highest BCUT2D eigenvalue weighted by Gasteiger charge is 2.52. The van der Waals surface area contributed by atoms with E-state index in [9.17, 15) is 0 Å². The summed E-state index contributed by atoms with van der Waals surface area (Å²) in [5.74, 6) is 1.04. The molecule has 6 rings (SSSR count). The van der Waals surface area contributed by atoms with Crippen molar-refractivity contribution in [2.75, 3.05) is 13.2 Å². The first-order valence-electron chi connectivity index (χ1n) is 15.9. The topological polar surface area (TPSA) is 55.4 Å². The lowest BCUT2D eigenvalue weighted by Crippen LogP contribution is -2.55. The van der Waals surface area contributed by atoms with Crippen molar-refractivity contribution in [3.8, 4) is 0 Å². The van der Waals surface area contributed by atoms with E-state index in [1.54, 1.807) is 0 Å². The highest BCUT2D eigenvalue weighted by atomic mass is 16.7. The van der Waals surface area contributed by atoms with Gasteiger partial charge in [0.2, 0.25) is 0 Å². The zero-order valence-corrected chi connectivity index (χ0v) is 25.6. The largest absolute Gasteiger partial charge is 0.374 e. The number of ether oxygens (including phenoxy) is 6. The summed E-state index contributed by atoms with van der Waals surface area (Å²) in [7, 11) is 0. The molecular weight excluding hydrogens is 540 g/mol. The summed E-state index contributed by atoms with van der Waals surface area (Å²) in [5, 5.41) is 0. The van der Waals surface area contributed by atoms with Crippen molar-refractivity contribution in [1.82, 2.24) is 0 Å². The molecule has 43 heavy (non-hydrogen) atoms. The Morgan fingerprint density at radius 3 is 1.77 bits per heavy atom. The highest BCUT2D eigenvalue weighted by Crippen LogP contribution is 2.44. The molecule has 3 saturated heterocycles. The molecular formula is C37H46O6. The van der Waals surface area contributed by atoms with Gasteiger partial charge < -0.3 is 28.4 Å². The van der Waals surface area contributed by atoms with Crippen molar-refractivity contribution < 1.29 is 28.4 Å². The van der Waals surface area contributed by atoms with Gasteiger partial charge in [-0.15, -0.1) is 0 Å². The van der Waals surface area contributed by atoms with Gasteiger partial charge in [-0.3, -0.25) is 0 Å². The Labute approximate surface area is 256 Å². The van der Waals surface area contributed by atoms with Crippen LogP contribution in [0.4, 0.5) is 0 Å². The monoisotopic (exact) mass is 586 g/mol. The maximum Gasteiger partial charge on any atom is 0.184 e. The van der Waals surface area contributed by atoms with E-state index in [0.717, 1.165) is 12.0 Å². The summed E-state index contributed by atoms with van der Waals surface area (Å²) in [6, 6.07) is 31.1. The number of rotatable bonds is 12. The third-order valence-corrected chi connectivity index (χ3v) is 9.80. The summed E-state index contributed by atoms with van der Waals surface area (Å²) in [4.78, 5) is 0. The van der Waals surface area contributed by atoms with E-state index in [-0.39, 0.29) is 54.6 Å². The average Bonchev–Trinajstić information content (AvgIpc) is 3.49. The molecule has 0 aromatic heterocycles. The van der Waals surface area contributed by atoms with Crippen LogP contribution in [0, 0.1) is 23.7 Å². The molecule has 6 heteroatoms. The second-order valence-electron chi connectivity index (χ2n) is 12.6. The van der Waals surface area contributed by atoms with Gasteiger partial charge in [0, 0.05) is 0 Å². The van der Waals surface area contributed by atoms with Crippen molar-refractivity contribution in [2.24, 2.45) is 23.7 Å². The fraction of sp³-hybridized carbons (Fsp3) is 0.514. The second kappa shape index (κ2) is 14.5. The van der Waals surface area contributed by atoms with Crippen molar-refractivity contribution in [3.63, 3.8) is 0 Å². The minimum absolute atomic E-state index is 0.0212. The van der Waals surface area contributed by atoms with E-state index in [4.69, 9.17) is 28.4 Å². The molecule has 3 aromatic carbocycles. The van der Waals surface area contributed by atoms with Crippen molar-refractivity contribution >= 4 is 0 Å². The normalized spacial score (nSPS) is 33.8. The Morgan fingerprint density at radius 2 is 1.16 bits per heavy atom. The summed E-state index contributed by atoms with van der Waals surface area (Å²) >= 11 is 0. The smallest absolute Gasteiger partial charge is 0.184 e. The van der Waals surface area contributed by atoms with Gasteiger partial charge in [-0.1, -0.05) is 112 Å². The Bertz CT molecular complexity index is 1240. The van der Waals surface area contributed by atoms with Crippen LogP contribution >= 0.6 is 0 Å². The van der Waals surface area contributed by atoms with Gasteiger partial charge >= 0.3 is 0 Å². The van der Waals surface area contributed by atoms with Crippen molar-refractivity contribution in [2.45, 2.75) is 83.8 Å². The molecule has 0 radical (unpaired) electrons. The van der Waals surface area contributed by atoms with Crippen molar-refractivity contribution in [3.05, 3.63) is 108 Å². The molecule has 3 aliphatic rings. The van der Waals surface area contributed by atoms with Crippen LogP contribution in [-0.4, -0.2) is 50.0 Å². The SMILES string of the molecule is C[C@H]1[C@H](C)[C@@H](COCc2ccccc2)O[C@H](C[C@H]2[C@H](C)[C@H]3CO[C@H](O3)[C@H]2OCc2ccccc2)[C@H]1OCc1ccccc1. The van der Waals surface area contributed by atoms with Gasteiger partial charge in [0.15, 0.2) is 6.29 Å². The number of hydrogen-bond donors (Lipinski definition) is 0. The summed E-state index contributed by atoms with van der Waals surface area (Å²) in [6.45, 7) is 9.66. The van der Waals surface area contributed by atoms with Crippen LogP contribution in [0.1, 0.15) is 43.9 Å². The zero-order valence-electron chi connectivity index (χ0n) is 25.6. The molecule has 10 atom stereocenters. The molecule has 0 N–H and O–H groups in total. The highest BCUT2D eigenvalue weighted by molar-refractivity contribution is 5.15. The predicted molar refractivity (Wildman–Crippen MR) is 165 cm³/mol. The fourth-order valence-corrected chi connectivity index (χ4v) is 6.93. The first-order chi connectivity index (χ1) is 21.1. The number of hydrogen-bond acceptors (Lipinski definition) is 6. The van der Waals surface area contributed by atoms with Gasteiger partial charge in [0.25, 0.3) is 0 Å². The molecule has 230 valence electrons. The Morgan fingerprint density at radius 1 is 0.605 bits per heavy atom. The van der Waals surface area contributed by atoms with Crippen LogP contribution in [0.15, 0.2) is 91.0 Å². The molecule has 0 saturated carbocycles. The summed E-state index contributed by atoms with van der Waals surface area (Å²) < 4.78 is 38.9. The van der Waals surface area contributed by atoms with Crippen LogP contribution < -0.4 is 0 Å². The van der Waals surface area contributed by atoms with Gasteiger partial charge in [0.1, 0.15) is 6.10 Å². The quantitative estimate of drug-likeness (QED) is 0.232. The van der Waals surface area contributed by atoms with E-state index >= 15 is 0 Å². The van der Waals surface area contributed by atoms with E-state index in [0.29, 0.717) is 39.0 Å². The van der Waals surface area contributed by atoms with Crippen LogP contribution in [0.3, 0.4) is 0 Å². The predicted octanol–water partition coefficient (Wildman–Crippen LogP) is 6.81. The maximum atomic E-state index is 6.97. The van der Waals surface area contributed by atoms with Gasteiger partial charge in [-0.05, 0) is 46.8 Å². The molecule has 0 aliphatic carbocycles. The minimum Gasteiger partial charge on any atom is -0.374 e. The van der Waals surface area contributed by atoms with Gasteiger partial charge in [-0.25, -0.2) is 0 Å². The lowest BCUT2D eigenvalue weighted by atomic mass is 9.74. The van der Waals surface area contributed by atoms with Crippen LogP contribution in [0.25, 0.3) is 0 Å². The molecule has 0 amide bonds. The standard InChI is InChI=1S/C37H46O6/c1-25-26(2)35(39-21-29-15-9-5-10-16-29)32(42-33(25)23-38-20-28-13-7-4-8-14-28)19-31-27(3)34-24-41-37(43-34)36(31)40-22-30-17-11-6-12-18-30/h4-18,25-27,31-37H,19-24H2,1-3H3/t25-,26-,27-,31-,32+,33+,34+,35-,36-,37+/m0/s1. The average molecular weight is 587 g/mol. The lowest BCUT2D eigenvalue weighted by molar-refractivity contribution is -0.239. The Kier molecular flexibility index (Phi) is 10.2. The third-order valence-electron chi connectivity index (χ3n) is 9.80. The van der Waals surface area contributed by atoms with Gasteiger partial charge in [0.05, 0.1) is 57.5 Å². The molecule has 3 aromatic rings.